The molecule has 1 aromatic rings. The zero-order chi connectivity index (χ0) is 15.6. The van der Waals surface area contributed by atoms with Gasteiger partial charge in [-0.2, -0.15) is 0 Å². The second kappa shape index (κ2) is 6.29. The van der Waals surface area contributed by atoms with Crippen molar-refractivity contribution in [1.82, 2.24) is 5.32 Å². The summed E-state index contributed by atoms with van der Waals surface area (Å²) >= 11 is 0. The molecule has 0 aliphatic heterocycles. The number of rotatable bonds is 5. The number of amides is 1. The van der Waals surface area contributed by atoms with Crippen molar-refractivity contribution < 1.29 is 14.6 Å². The Morgan fingerprint density at radius 3 is 2.73 bits per heavy atom. The summed E-state index contributed by atoms with van der Waals surface area (Å²) in [7, 11) is 0. The predicted octanol–water partition coefficient (Wildman–Crippen LogP) is 2.90. The molecule has 1 aromatic carbocycles. The number of hydrogen-bond donors (Lipinski definition) is 2. The Hall–Kier alpha value is -1.55. The first-order valence-electron chi connectivity index (χ1n) is 8.30. The molecule has 2 aliphatic rings. The van der Waals surface area contributed by atoms with Crippen LogP contribution in [0.25, 0.3) is 0 Å². The van der Waals surface area contributed by atoms with E-state index in [0.717, 1.165) is 38.5 Å². The molecule has 2 fully saturated rings. The predicted molar refractivity (Wildman–Crippen MR) is 85.0 cm³/mol. The number of ether oxygens (including phenoxy) is 1. The molecule has 0 aromatic heterocycles. The monoisotopic (exact) mass is 303 g/mol. The fourth-order valence-electron chi connectivity index (χ4n) is 2.89. The van der Waals surface area contributed by atoms with Crippen LogP contribution < -0.4 is 10.1 Å². The van der Waals surface area contributed by atoms with Crippen molar-refractivity contribution in [2.24, 2.45) is 5.92 Å². The minimum atomic E-state index is -0.723. The zero-order valence-corrected chi connectivity index (χ0v) is 13.2. The number of nitrogens with one attached hydrogen (secondary N) is 1. The lowest BCUT2D eigenvalue weighted by atomic mass is 9.80. The Kier molecular flexibility index (Phi) is 4.39. The summed E-state index contributed by atoms with van der Waals surface area (Å²) in [6, 6.07) is 7.56. The molecule has 4 heteroatoms. The molecule has 0 atom stereocenters. The highest BCUT2D eigenvalue weighted by Crippen LogP contribution is 2.32. The lowest BCUT2D eigenvalue weighted by Crippen LogP contribution is -2.39. The van der Waals surface area contributed by atoms with Crippen LogP contribution in [0.5, 0.6) is 5.75 Å². The van der Waals surface area contributed by atoms with Crippen LogP contribution in [0.4, 0.5) is 0 Å². The van der Waals surface area contributed by atoms with E-state index in [1.54, 1.807) is 12.1 Å². The zero-order valence-electron chi connectivity index (χ0n) is 13.2. The normalized spacial score (nSPS) is 28.2. The molecule has 0 saturated heterocycles. The van der Waals surface area contributed by atoms with Crippen molar-refractivity contribution >= 4 is 5.91 Å². The molecule has 0 radical (unpaired) electrons. The van der Waals surface area contributed by atoms with Gasteiger partial charge >= 0.3 is 0 Å². The third-order valence-corrected chi connectivity index (χ3v) is 4.72. The molecule has 4 nitrogen and oxygen atoms in total. The number of carbonyl (C=O) groups excluding carboxylic acids is 1. The molecule has 2 saturated carbocycles. The summed E-state index contributed by atoms with van der Waals surface area (Å²) in [5.41, 5.74) is -0.104. The van der Waals surface area contributed by atoms with Gasteiger partial charge in [0.25, 0.3) is 5.91 Å². The molecule has 2 N–H and O–H groups in total. The van der Waals surface area contributed by atoms with Gasteiger partial charge in [0.2, 0.25) is 0 Å². The maximum atomic E-state index is 12.0. The number of aliphatic hydroxyl groups is 1. The van der Waals surface area contributed by atoms with Crippen molar-refractivity contribution in [2.75, 3.05) is 6.61 Å². The van der Waals surface area contributed by atoms with E-state index >= 15 is 0 Å². The molecule has 3 rings (SSSR count). The highest BCUT2D eigenvalue weighted by molar-refractivity contribution is 5.94. The Labute approximate surface area is 131 Å². The van der Waals surface area contributed by atoms with E-state index < -0.39 is 5.60 Å². The van der Waals surface area contributed by atoms with Gasteiger partial charge in [-0.25, -0.2) is 0 Å². The minimum Gasteiger partial charge on any atom is -0.491 e. The summed E-state index contributed by atoms with van der Waals surface area (Å²) in [5.74, 6) is 1.29. The van der Waals surface area contributed by atoms with E-state index in [1.165, 1.54) is 0 Å². The maximum absolute atomic E-state index is 12.0. The van der Waals surface area contributed by atoms with Crippen LogP contribution in [0.3, 0.4) is 0 Å². The highest BCUT2D eigenvalue weighted by atomic mass is 16.5. The number of hydrogen-bond acceptors (Lipinski definition) is 3. The summed E-state index contributed by atoms with van der Waals surface area (Å²) < 4.78 is 5.77. The average molecular weight is 303 g/mol. The van der Waals surface area contributed by atoms with Gasteiger partial charge in [0.05, 0.1) is 5.60 Å². The minimum absolute atomic E-state index is 0.0434. The smallest absolute Gasteiger partial charge is 0.251 e. The molecule has 0 spiro atoms. The molecule has 120 valence electrons. The largest absolute Gasteiger partial charge is 0.491 e. The molecule has 22 heavy (non-hydrogen) atoms. The summed E-state index contributed by atoms with van der Waals surface area (Å²) in [4.78, 5) is 12.0. The maximum Gasteiger partial charge on any atom is 0.251 e. The van der Waals surface area contributed by atoms with Gasteiger partial charge in [0.15, 0.2) is 0 Å². The van der Waals surface area contributed by atoms with Gasteiger partial charge < -0.3 is 15.2 Å². The van der Waals surface area contributed by atoms with Gasteiger partial charge in [-0.15, -0.1) is 0 Å². The second-order valence-corrected chi connectivity index (χ2v) is 6.97. The SMILES string of the molecule is CC1CCC(O)(COc2cccc(C(=O)NC3CC3)c2)CC1. The van der Waals surface area contributed by atoms with E-state index in [-0.39, 0.29) is 5.91 Å². The van der Waals surface area contributed by atoms with Crippen LogP contribution in [0.2, 0.25) is 0 Å². The molecule has 2 aliphatic carbocycles. The Morgan fingerprint density at radius 1 is 1.32 bits per heavy atom. The molecule has 0 heterocycles. The fourth-order valence-corrected chi connectivity index (χ4v) is 2.89. The fraction of sp³-hybridized carbons (Fsp3) is 0.611. The van der Waals surface area contributed by atoms with Crippen LogP contribution in [0.1, 0.15) is 55.8 Å². The Balaban J connectivity index is 1.57. The van der Waals surface area contributed by atoms with Crippen molar-refractivity contribution in [2.45, 2.75) is 57.1 Å². The van der Waals surface area contributed by atoms with E-state index in [4.69, 9.17) is 4.74 Å². The van der Waals surface area contributed by atoms with Crippen molar-refractivity contribution in [3.05, 3.63) is 29.8 Å². The van der Waals surface area contributed by atoms with Crippen LogP contribution in [0, 0.1) is 5.92 Å². The molecule has 0 bridgehead atoms. The Bertz CT molecular complexity index is 531. The summed E-state index contributed by atoms with van der Waals surface area (Å²) in [5, 5.41) is 13.5. The number of carbonyl (C=O) groups is 1. The quantitative estimate of drug-likeness (QED) is 0.879. The molecule has 1 amide bonds. The van der Waals surface area contributed by atoms with Crippen LogP contribution in [0.15, 0.2) is 24.3 Å². The lowest BCUT2D eigenvalue weighted by Gasteiger charge is -2.34. The summed E-state index contributed by atoms with van der Waals surface area (Å²) in [6.07, 6.45) is 5.82. The number of benzene rings is 1. The third kappa shape index (κ3) is 4.01. The summed E-state index contributed by atoms with van der Waals surface area (Å²) in [6.45, 7) is 2.52. The van der Waals surface area contributed by atoms with E-state index in [2.05, 4.69) is 12.2 Å². The van der Waals surface area contributed by atoms with Crippen LogP contribution in [-0.4, -0.2) is 29.3 Å². The average Bonchev–Trinajstić information content (AvgIpc) is 3.33. The third-order valence-electron chi connectivity index (χ3n) is 4.72. The second-order valence-electron chi connectivity index (χ2n) is 6.97. The molecular weight excluding hydrogens is 278 g/mol. The van der Waals surface area contributed by atoms with Crippen LogP contribution >= 0.6 is 0 Å². The van der Waals surface area contributed by atoms with Gasteiger partial charge in [0.1, 0.15) is 12.4 Å². The van der Waals surface area contributed by atoms with Crippen molar-refractivity contribution in [3.63, 3.8) is 0 Å². The first-order valence-corrected chi connectivity index (χ1v) is 8.30. The first-order chi connectivity index (χ1) is 10.5. The van der Waals surface area contributed by atoms with Gasteiger partial charge in [-0.05, 0) is 62.6 Å². The Morgan fingerprint density at radius 2 is 2.05 bits per heavy atom. The van der Waals surface area contributed by atoms with Gasteiger partial charge in [0, 0.05) is 11.6 Å². The standard InChI is InChI=1S/C18H25NO3/c1-13-7-9-18(21,10-8-13)12-22-16-4-2-3-14(11-16)17(20)19-15-5-6-15/h2-4,11,13,15,21H,5-10,12H2,1H3,(H,19,20). The van der Waals surface area contributed by atoms with E-state index in [9.17, 15) is 9.90 Å². The van der Waals surface area contributed by atoms with Gasteiger partial charge in [-0.1, -0.05) is 13.0 Å². The lowest BCUT2D eigenvalue weighted by molar-refractivity contribution is -0.0424. The topological polar surface area (TPSA) is 58.6 Å². The van der Waals surface area contributed by atoms with Gasteiger partial charge in [-0.3, -0.25) is 4.79 Å². The molecule has 0 unspecified atom stereocenters. The highest BCUT2D eigenvalue weighted by Gasteiger charge is 2.32. The van der Waals surface area contributed by atoms with Crippen molar-refractivity contribution in [1.29, 1.82) is 0 Å². The molecular formula is C18H25NO3. The van der Waals surface area contributed by atoms with Crippen LogP contribution in [-0.2, 0) is 0 Å². The van der Waals surface area contributed by atoms with E-state index in [0.29, 0.717) is 29.9 Å². The van der Waals surface area contributed by atoms with Crippen molar-refractivity contribution in [3.8, 4) is 5.75 Å². The van der Waals surface area contributed by atoms with E-state index in [1.807, 2.05) is 12.1 Å². The first kappa shape index (κ1) is 15.3.